The molecule has 2 aliphatic rings. The van der Waals surface area contributed by atoms with Gasteiger partial charge in [-0.05, 0) is 39.0 Å². The molecule has 0 radical (unpaired) electrons. The van der Waals surface area contributed by atoms with Gasteiger partial charge in [0.05, 0.1) is 12.6 Å². The topological polar surface area (TPSA) is 71.8 Å². The van der Waals surface area contributed by atoms with Crippen LogP contribution in [0.2, 0.25) is 0 Å². The van der Waals surface area contributed by atoms with Gasteiger partial charge in [0.2, 0.25) is 5.91 Å². The molecule has 0 spiro atoms. The van der Waals surface area contributed by atoms with Crippen LogP contribution in [0.15, 0.2) is 6.33 Å². The largest absolute Gasteiger partial charge is 0.347 e. The average Bonchev–Trinajstić information content (AvgIpc) is 3.10. The zero-order valence-electron chi connectivity index (χ0n) is 12.9. The van der Waals surface area contributed by atoms with Crippen molar-refractivity contribution in [1.29, 1.82) is 0 Å². The van der Waals surface area contributed by atoms with Gasteiger partial charge >= 0.3 is 0 Å². The van der Waals surface area contributed by atoms with Crippen molar-refractivity contribution < 1.29 is 4.79 Å². The molecule has 1 saturated carbocycles. The van der Waals surface area contributed by atoms with Gasteiger partial charge in [-0.2, -0.15) is 0 Å². The van der Waals surface area contributed by atoms with Crippen LogP contribution in [-0.2, 0) is 11.3 Å². The third-order valence-corrected chi connectivity index (χ3v) is 4.80. The van der Waals surface area contributed by atoms with Gasteiger partial charge in [0, 0.05) is 12.1 Å². The molecule has 116 valence electrons. The first-order valence-corrected chi connectivity index (χ1v) is 8.07. The summed E-state index contributed by atoms with van der Waals surface area (Å²) in [5.41, 5.74) is 0. The summed E-state index contributed by atoms with van der Waals surface area (Å²) >= 11 is 0. The van der Waals surface area contributed by atoms with Crippen LogP contribution in [0, 0.1) is 5.92 Å². The monoisotopic (exact) mass is 291 g/mol. The summed E-state index contributed by atoms with van der Waals surface area (Å²) in [4.78, 5) is 12.3. The number of carbonyl (C=O) groups is 1. The third kappa shape index (κ3) is 3.10. The number of hydrogen-bond acceptors (Lipinski definition) is 4. The Morgan fingerprint density at radius 2 is 2.29 bits per heavy atom. The third-order valence-electron chi connectivity index (χ3n) is 4.80. The predicted octanol–water partition coefficient (Wildman–Crippen LogP) is 1.40. The van der Waals surface area contributed by atoms with Gasteiger partial charge in [0.1, 0.15) is 6.33 Å². The molecule has 1 aliphatic carbocycles. The molecule has 1 aromatic rings. The van der Waals surface area contributed by atoms with Gasteiger partial charge in [0.15, 0.2) is 5.82 Å². The number of carbonyl (C=O) groups excluding carboxylic acids is 1. The Hall–Kier alpha value is -1.43. The van der Waals surface area contributed by atoms with Gasteiger partial charge < -0.3 is 15.2 Å². The van der Waals surface area contributed by atoms with Crippen molar-refractivity contribution in [3.05, 3.63) is 12.2 Å². The second kappa shape index (κ2) is 6.13. The minimum Gasteiger partial charge on any atom is -0.347 e. The Morgan fingerprint density at radius 3 is 3.05 bits per heavy atom. The fourth-order valence-corrected chi connectivity index (χ4v) is 3.63. The second-order valence-electron chi connectivity index (χ2n) is 6.57. The van der Waals surface area contributed by atoms with Crippen LogP contribution in [0.4, 0.5) is 0 Å². The fraction of sp³-hybridized carbons (Fsp3) is 0.800. The van der Waals surface area contributed by atoms with Gasteiger partial charge in [-0.1, -0.05) is 12.8 Å². The molecule has 21 heavy (non-hydrogen) atoms. The maximum absolute atomic E-state index is 12.3. The summed E-state index contributed by atoms with van der Waals surface area (Å²) in [7, 11) is 0. The SMILES string of the molecule is CC(C)n1cnnc1CNC(=O)C1CC2CCCCC2N1. The fourth-order valence-electron chi connectivity index (χ4n) is 3.63. The highest BCUT2D eigenvalue weighted by atomic mass is 16.2. The number of fused-ring (bicyclic) bond motifs is 1. The molecule has 0 aromatic carbocycles. The molecule has 3 rings (SSSR count). The van der Waals surface area contributed by atoms with Crippen molar-refractivity contribution in [3.8, 4) is 0 Å². The summed E-state index contributed by atoms with van der Waals surface area (Å²) in [6.07, 6.45) is 7.79. The zero-order chi connectivity index (χ0) is 14.8. The molecule has 6 heteroatoms. The Bertz CT molecular complexity index is 484. The van der Waals surface area contributed by atoms with E-state index >= 15 is 0 Å². The van der Waals surface area contributed by atoms with Crippen LogP contribution in [0.3, 0.4) is 0 Å². The molecule has 2 N–H and O–H groups in total. The lowest BCUT2D eigenvalue weighted by atomic mass is 9.85. The molecular formula is C15H25N5O. The molecule has 3 unspecified atom stereocenters. The van der Waals surface area contributed by atoms with E-state index in [0.29, 0.717) is 24.5 Å². The normalized spacial score (nSPS) is 28.6. The lowest BCUT2D eigenvalue weighted by molar-refractivity contribution is -0.123. The van der Waals surface area contributed by atoms with Crippen molar-refractivity contribution >= 4 is 5.91 Å². The zero-order valence-corrected chi connectivity index (χ0v) is 12.9. The molecule has 3 atom stereocenters. The minimum atomic E-state index is -0.0338. The van der Waals surface area contributed by atoms with E-state index in [9.17, 15) is 4.79 Å². The summed E-state index contributed by atoms with van der Waals surface area (Å²) in [6.45, 7) is 4.61. The average molecular weight is 291 g/mol. The van der Waals surface area contributed by atoms with Gasteiger partial charge in [-0.15, -0.1) is 10.2 Å². The van der Waals surface area contributed by atoms with Crippen LogP contribution >= 0.6 is 0 Å². The smallest absolute Gasteiger partial charge is 0.237 e. The van der Waals surface area contributed by atoms with Gasteiger partial charge in [-0.25, -0.2) is 0 Å². The number of nitrogens with zero attached hydrogens (tertiary/aromatic N) is 3. The molecule has 1 amide bonds. The van der Waals surface area contributed by atoms with E-state index in [-0.39, 0.29) is 11.9 Å². The van der Waals surface area contributed by atoms with Crippen molar-refractivity contribution in [2.75, 3.05) is 0 Å². The highest BCUT2D eigenvalue weighted by Gasteiger charge is 2.38. The van der Waals surface area contributed by atoms with Crippen LogP contribution in [-0.4, -0.2) is 32.8 Å². The van der Waals surface area contributed by atoms with Crippen molar-refractivity contribution in [2.45, 2.75) is 70.6 Å². The number of nitrogens with one attached hydrogen (secondary N) is 2. The van der Waals surface area contributed by atoms with E-state index in [1.807, 2.05) is 4.57 Å². The van der Waals surface area contributed by atoms with E-state index in [4.69, 9.17) is 0 Å². The number of amides is 1. The van der Waals surface area contributed by atoms with E-state index in [1.54, 1.807) is 6.33 Å². The Labute approximate surface area is 125 Å². The van der Waals surface area contributed by atoms with Crippen LogP contribution < -0.4 is 10.6 Å². The summed E-state index contributed by atoms with van der Waals surface area (Å²) < 4.78 is 1.99. The molecule has 2 fully saturated rings. The highest BCUT2D eigenvalue weighted by molar-refractivity contribution is 5.82. The molecule has 2 heterocycles. The molecule has 1 saturated heterocycles. The maximum Gasteiger partial charge on any atom is 0.237 e. The Kier molecular flexibility index (Phi) is 4.24. The van der Waals surface area contributed by atoms with E-state index < -0.39 is 0 Å². The maximum atomic E-state index is 12.3. The van der Waals surface area contributed by atoms with E-state index in [1.165, 1.54) is 25.7 Å². The van der Waals surface area contributed by atoms with Crippen LogP contribution in [0.1, 0.15) is 57.8 Å². The van der Waals surface area contributed by atoms with Crippen LogP contribution in [0.5, 0.6) is 0 Å². The second-order valence-corrected chi connectivity index (χ2v) is 6.57. The standard InChI is InChI=1S/C15H25N5O/c1-10(2)20-9-17-19-14(20)8-16-15(21)13-7-11-5-3-4-6-12(11)18-13/h9-13,18H,3-8H2,1-2H3,(H,16,21). The number of aromatic nitrogens is 3. The predicted molar refractivity (Wildman–Crippen MR) is 79.5 cm³/mol. The van der Waals surface area contributed by atoms with Crippen LogP contribution in [0.25, 0.3) is 0 Å². The molecule has 6 nitrogen and oxygen atoms in total. The van der Waals surface area contributed by atoms with E-state index in [0.717, 1.165) is 12.2 Å². The molecule has 1 aromatic heterocycles. The van der Waals surface area contributed by atoms with E-state index in [2.05, 4.69) is 34.7 Å². The first-order chi connectivity index (χ1) is 10.1. The number of hydrogen-bond donors (Lipinski definition) is 2. The molecular weight excluding hydrogens is 266 g/mol. The van der Waals surface area contributed by atoms with Crippen molar-refractivity contribution in [2.24, 2.45) is 5.92 Å². The number of rotatable bonds is 4. The summed E-state index contributed by atoms with van der Waals surface area (Å²) in [5.74, 6) is 1.60. The minimum absolute atomic E-state index is 0.0338. The Balaban J connectivity index is 1.54. The summed E-state index contributed by atoms with van der Waals surface area (Å²) in [6, 6.07) is 0.821. The first-order valence-electron chi connectivity index (χ1n) is 8.07. The summed E-state index contributed by atoms with van der Waals surface area (Å²) in [5, 5.41) is 14.5. The lowest BCUT2D eigenvalue weighted by Crippen LogP contribution is -2.43. The molecule has 0 bridgehead atoms. The van der Waals surface area contributed by atoms with Gasteiger partial charge in [0.25, 0.3) is 0 Å². The van der Waals surface area contributed by atoms with Crippen molar-refractivity contribution in [1.82, 2.24) is 25.4 Å². The first kappa shape index (κ1) is 14.5. The quantitative estimate of drug-likeness (QED) is 0.879. The highest BCUT2D eigenvalue weighted by Crippen LogP contribution is 2.33. The lowest BCUT2D eigenvalue weighted by Gasteiger charge is -2.24. The Morgan fingerprint density at radius 1 is 1.48 bits per heavy atom. The molecule has 1 aliphatic heterocycles. The van der Waals surface area contributed by atoms with Crippen molar-refractivity contribution in [3.63, 3.8) is 0 Å². The van der Waals surface area contributed by atoms with Gasteiger partial charge in [-0.3, -0.25) is 4.79 Å².